The standard InChI is InChI=1S/C21H22ClF3N4O2Si/c1-32(2,3)7-6-30-12-29-11-15(21(23,24)25)19-17(9-18(22)28-20(19)29)31-16-5-4-14(27)8-13(16)10-26/h4-5,8-9,11H,6-7,12,27H2,1-3H3. The van der Waals surface area contributed by atoms with Crippen molar-refractivity contribution >= 4 is 36.4 Å². The molecule has 2 heterocycles. The fraction of sp³-hybridized carbons (Fsp3) is 0.333. The number of nitriles is 1. The average molecular weight is 483 g/mol. The zero-order valence-corrected chi connectivity index (χ0v) is 19.5. The van der Waals surface area contributed by atoms with E-state index in [1.165, 1.54) is 28.8 Å². The maximum atomic E-state index is 13.9. The molecule has 0 aliphatic rings. The lowest BCUT2D eigenvalue weighted by atomic mass is 10.1. The highest BCUT2D eigenvalue weighted by atomic mass is 35.5. The minimum absolute atomic E-state index is 0.0261. The highest BCUT2D eigenvalue weighted by Gasteiger charge is 2.37. The van der Waals surface area contributed by atoms with Gasteiger partial charge in [0, 0.05) is 32.6 Å². The number of nitrogens with two attached hydrogens (primary N) is 1. The van der Waals surface area contributed by atoms with E-state index >= 15 is 0 Å². The van der Waals surface area contributed by atoms with Crippen molar-refractivity contribution in [3.8, 4) is 17.6 Å². The number of fused-ring (bicyclic) bond motifs is 1. The van der Waals surface area contributed by atoms with Crippen LogP contribution in [0.15, 0.2) is 30.5 Å². The van der Waals surface area contributed by atoms with Crippen LogP contribution in [0.2, 0.25) is 30.8 Å². The number of nitrogen functional groups attached to an aromatic ring is 1. The summed E-state index contributed by atoms with van der Waals surface area (Å²) in [6, 6.07) is 8.25. The smallest absolute Gasteiger partial charge is 0.418 e. The summed E-state index contributed by atoms with van der Waals surface area (Å²) in [6.45, 7) is 6.86. The summed E-state index contributed by atoms with van der Waals surface area (Å²) >= 11 is 6.10. The van der Waals surface area contributed by atoms with Crippen LogP contribution < -0.4 is 10.5 Å². The van der Waals surface area contributed by atoms with Gasteiger partial charge in [-0.15, -0.1) is 0 Å². The summed E-state index contributed by atoms with van der Waals surface area (Å²) in [7, 11) is -1.35. The molecule has 11 heteroatoms. The number of ether oxygens (including phenoxy) is 2. The molecule has 0 saturated carbocycles. The fourth-order valence-corrected chi connectivity index (χ4v) is 3.94. The number of pyridine rings is 1. The van der Waals surface area contributed by atoms with E-state index in [4.69, 9.17) is 26.8 Å². The first-order valence-electron chi connectivity index (χ1n) is 9.71. The van der Waals surface area contributed by atoms with Crippen LogP contribution in [-0.4, -0.2) is 24.2 Å². The van der Waals surface area contributed by atoms with E-state index in [9.17, 15) is 18.4 Å². The van der Waals surface area contributed by atoms with Crippen LogP contribution in [0, 0.1) is 11.3 Å². The van der Waals surface area contributed by atoms with Crippen LogP contribution in [0.5, 0.6) is 11.5 Å². The third-order valence-corrected chi connectivity index (χ3v) is 6.53. The van der Waals surface area contributed by atoms with Crippen LogP contribution in [0.1, 0.15) is 11.1 Å². The molecule has 0 atom stereocenters. The molecule has 0 saturated heterocycles. The lowest BCUT2D eigenvalue weighted by Crippen LogP contribution is -2.22. The van der Waals surface area contributed by atoms with Gasteiger partial charge in [-0.3, -0.25) is 0 Å². The van der Waals surface area contributed by atoms with Gasteiger partial charge in [-0.05, 0) is 24.2 Å². The summed E-state index contributed by atoms with van der Waals surface area (Å²) in [6.07, 6.45) is -3.74. The van der Waals surface area contributed by atoms with Crippen molar-refractivity contribution in [1.82, 2.24) is 9.55 Å². The second-order valence-electron chi connectivity index (χ2n) is 8.47. The first-order valence-corrected chi connectivity index (χ1v) is 13.8. The Hall–Kier alpha value is -2.74. The van der Waals surface area contributed by atoms with E-state index in [2.05, 4.69) is 24.6 Å². The molecule has 0 aliphatic carbocycles. The number of hydrogen-bond donors (Lipinski definition) is 1. The molecule has 6 nitrogen and oxygen atoms in total. The first kappa shape index (κ1) is 23.9. The summed E-state index contributed by atoms with van der Waals surface area (Å²) in [5.41, 5.74) is 5.12. The van der Waals surface area contributed by atoms with Crippen molar-refractivity contribution < 1.29 is 22.6 Å². The lowest BCUT2D eigenvalue weighted by molar-refractivity contribution is -0.136. The molecule has 3 aromatic rings. The van der Waals surface area contributed by atoms with Gasteiger partial charge in [0.05, 0.1) is 16.5 Å². The number of benzene rings is 1. The van der Waals surface area contributed by atoms with Gasteiger partial charge in [0.2, 0.25) is 0 Å². The van der Waals surface area contributed by atoms with Crippen LogP contribution in [0.3, 0.4) is 0 Å². The zero-order chi connectivity index (χ0) is 23.7. The van der Waals surface area contributed by atoms with Gasteiger partial charge < -0.3 is 19.8 Å². The van der Waals surface area contributed by atoms with Crippen molar-refractivity contribution in [2.75, 3.05) is 12.3 Å². The van der Waals surface area contributed by atoms with Crippen molar-refractivity contribution in [2.45, 2.75) is 38.6 Å². The summed E-state index contributed by atoms with van der Waals surface area (Å²) in [5.74, 6) is -0.119. The van der Waals surface area contributed by atoms with Gasteiger partial charge in [-0.2, -0.15) is 18.4 Å². The number of nitrogens with zero attached hydrogens (tertiary/aromatic N) is 3. The predicted octanol–water partition coefficient (Wildman–Crippen LogP) is 6.27. The molecule has 170 valence electrons. The Morgan fingerprint density at radius 3 is 2.56 bits per heavy atom. The van der Waals surface area contributed by atoms with E-state index in [0.29, 0.717) is 12.3 Å². The van der Waals surface area contributed by atoms with E-state index in [1.807, 2.05) is 6.07 Å². The van der Waals surface area contributed by atoms with Gasteiger partial charge >= 0.3 is 6.18 Å². The third-order valence-electron chi connectivity index (χ3n) is 4.64. The third kappa shape index (κ3) is 5.54. The Bertz CT molecular complexity index is 1180. The van der Waals surface area contributed by atoms with Crippen LogP contribution in [-0.2, 0) is 17.6 Å². The lowest BCUT2D eigenvalue weighted by Gasteiger charge is -2.15. The topological polar surface area (TPSA) is 86.1 Å². The second-order valence-corrected chi connectivity index (χ2v) is 14.5. The molecule has 0 bridgehead atoms. The number of hydrogen-bond acceptors (Lipinski definition) is 5. The largest absolute Gasteiger partial charge is 0.455 e. The minimum atomic E-state index is -4.67. The molecular weight excluding hydrogens is 461 g/mol. The Kier molecular flexibility index (Phi) is 6.74. The summed E-state index contributed by atoms with van der Waals surface area (Å²) < 4.78 is 54.2. The van der Waals surface area contributed by atoms with Gasteiger partial charge in [-0.1, -0.05) is 31.2 Å². The number of rotatable bonds is 7. The van der Waals surface area contributed by atoms with E-state index in [-0.39, 0.29) is 40.0 Å². The van der Waals surface area contributed by atoms with E-state index in [0.717, 1.165) is 12.2 Å². The van der Waals surface area contributed by atoms with Gasteiger partial charge in [0.15, 0.2) is 0 Å². The van der Waals surface area contributed by atoms with Gasteiger partial charge in [-0.25, -0.2) is 4.98 Å². The SMILES string of the molecule is C[Si](C)(C)CCOCn1cc(C(F)(F)F)c2c(Oc3ccc(N)cc3C#N)cc(Cl)nc21. The normalized spacial score (nSPS) is 12.2. The molecule has 0 fully saturated rings. The summed E-state index contributed by atoms with van der Waals surface area (Å²) in [5, 5.41) is 9.01. The molecule has 0 unspecified atom stereocenters. The molecule has 32 heavy (non-hydrogen) atoms. The Balaban J connectivity index is 2.06. The Labute approximate surface area is 189 Å². The molecule has 2 aromatic heterocycles. The first-order chi connectivity index (χ1) is 14.9. The second kappa shape index (κ2) is 9.01. The number of anilines is 1. The molecule has 0 amide bonds. The highest BCUT2D eigenvalue weighted by molar-refractivity contribution is 6.76. The monoisotopic (exact) mass is 482 g/mol. The minimum Gasteiger partial charge on any atom is -0.455 e. The van der Waals surface area contributed by atoms with Gasteiger partial charge in [0.25, 0.3) is 0 Å². The molecule has 2 N–H and O–H groups in total. The maximum absolute atomic E-state index is 13.9. The van der Waals surface area contributed by atoms with Crippen molar-refractivity contribution in [3.05, 3.63) is 46.7 Å². The average Bonchev–Trinajstić information content (AvgIpc) is 3.05. The molecule has 3 rings (SSSR count). The van der Waals surface area contributed by atoms with Crippen molar-refractivity contribution in [1.29, 1.82) is 5.26 Å². The van der Waals surface area contributed by atoms with Crippen LogP contribution >= 0.6 is 11.6 Å². The predicted molar refractivity (Wildman–Crippen MR) is 119 cm³/mol. The molecule has 0 aliphatic heterocycles. The summed E-state index contributed by atoms with van der Waals surface area (Å²) in [4.78, 5) is 4.09. The van der Waals surface area contributed by atoms with Crippen molar-refractivity contribution in [3.63, 3.8) is 0 Å². The Morgan fingerprint density at radius 1 is 1.22 bits per heavy atom. The van der Waals surface area contributed by atoms with Crippen molar-refractivity contribution in [2.24, 2.45) is 0 Å². The fourth-order valence-electron chi connectivity index (χ4n) is 3.00. The van der Waals surface area contributed by atoms with E-state index < -0.39 is 19.8 Å². The van der Waals surface area contributed by atoms with E-state index in [1.54, 1.807) is 0 Å². The maximum Gasteiger partial charge on any atom is 0.418 e. The van der Waals surface area contributed by atoms with Crippen LogP contribution in [0.25, 0.3) is 11.0 Å². The highest BCUT2D eigenvalue weighted by Crippen LogP contribution is 2.42. The molecular formula is C21H22ClF3N4O2Si. The molecule has 1 aromatic carbocycles. The molecule has 0 spiro atoms. The molecule has 0 radical (unpaired) electrons. The number of alkyl halides is 3. The Morgan fingerprint density at radius 2 is 1.94 bits per heavy atom. The van der Waals surface area contributed by atoms with Gasteiger partial charge in [0.1, 0.15) is 35.1 Å². The number of halogens is 4. The zero-order valence-electron chi connectivity index (χ0n) is 17.8. The number of aromatic nitrogens is 2. The van der Waals surface area contributed by atoms with Crippen LogP contribution in [0.4, 0.5) is 18.9 Å². The quantitative estimate of drug-likeness (QED) is 0.186.